The van der Waals surface area contributed by atoms with Gasteiger partial charge >= 0.3 is 0 Å². The number of amides is 1. The van der Waals surface area contributed by atoms with Crippen LogP contribution in [-0.4, -0.2) is 12.5 Å². The number of nitrogens with one attached hydrogen (secondary N) is 2. The van der Waals surface area contributed by atoms with Crippen molar-refractivity contribution in [1.29, 1.82) is 0 Å². The molecule has 0 fully saturated rings. The average Bonchev–Trinajstić information content (AvgIpc) is 2.86. The van der Waals surface area contributed by atoms with Gasteiger partial charge in [0.2, 0.25) is 5.91 Å². The molecule has 20 heavy (non-hydrogen) atoms. The maximum atomic E-state index is 12.4. The SMILES string of the molecule is O=C(Nc1ccc(Cl)cc1I)C1CNc2ccccc21. The van der Waals surface area contributed by atoms with Gasteiger partial charge in [-0.1, -0.05) is 29.8 Å². The summed E-state index contributed by atoms with van der Waals surface area (Å²) in [6.07, 6.45) is 0. The zero-order valence-electron chi connectivity index (χ0n) is 10.5. The van der Waals surface area contributed by atoms with Gasteiger partial charge in [0, 0.05) is 20.8 Å². The van der Waals surface area contributed by atoms with Crippen LogP contribution in [0.4, 0.5) is 11.4 Å². The number of hydrogen-bond acceptors (Lipinski definition) is 2. The molecule has 2 N–H and O–H groups in total. The lowest BCUT2D eigenvalue weighted by Gasteiger charge is -2.12. The van der Waals surface area contributed by atoms with E-state index in [1.54, 1.807) is 6.07 Å². The summed E-state index contributed by atoms with van der Waals surface area (Å²) in [7, 11) is 0. The third-order valence-corrected chi connectivity index (χ3v) is 4.47. The van der Waals surface area contributed by atoms with Crippen molar-refractivity contribution in [3.8, 4) is 0 Å². The molecular formula is C15H12ClIN2O. The molecule has 0 bridgehead atoms. The van der Waals surface area contributed by atoms with E-state index in [1.807, 2.05) is 36.4 Å². The molecule has 0 saturated heterocycles. The van der Waals surface area contributed by atoms with Gasteiger partial charge in [-0.05, 0) is 52.4 Å². The van der Waals surface area contributed by atoms with Crippen molar-refractivity contribution >= 4 is 51.5 Å². The molecule has 1 atom stereocenters. The molecule has 1 unspecified atom stereocenters. The lowest BCUT2D eigenvalue weighted by Crippen LogP contribution is -2.22. The van der Waals surface area contributed by atoms with Crippen molar-refractivity contribution in [3.05, 3.63) is 56.6 Å². The smallest absolute Gasteiger partial charge is 0.233 e. The van der Waals surface area contributed by atoms with Crippen LogP contribution in [0, 0.1) is 3.57 Å². The molecule has 0 spiro atoms. The summed E-state index contributed by atoms with van der Waals surface area (Å²) in [4.78, 5) is 12.4. The van der Waals surface area contributed by atoms with E-state index in [2.05, 4.69) is 33.2 Å². The van der Waals surface area contributed by atoms with Crippen LogP contribution in [0.15, 0.2) is 42.5 Å². The molecule has 2 aromatic rings. The van der Waals surface area contributed by atoms with E-state index in [1.165, 1.54) is 0 Å². The van der Waals surface area contributed by atoms with Gasteiger partial charge < -0.3 is 10.6 Å². The highest BCUT2D eigenvalue weighted by molar-refractivity contribution is 14.1. The number of anilines is 2. The predicted molar refractivity (Wildman–Crippen MR) is 90.5 cm³/mol. The zero-order chi connectivity index (χ0) is 14.1. The maximum absolute atomic E-state index is 12.4. The van der Waals surface area contributed by atoms with Gasteiger partial charge in [-0.3, -0.25) is 4.79 Å². The van der Waals surface area contributed by atoms with E-state index in [9.17, 15) is 4.79 Å². The second-order valence-corrected chi connectivity index (χ2v) is 6.23. The number of hydrogen-bond donors (Lipinski definition) is 2. The number of para-hydroxylation sites is 1. The van der Waals surface area contributed by atoms with Crippen molar-refractivity contribution in [3.63, 3.8) is 0 Å². The number of rotatable bonds is 2. The molecule has 3 nitrogen and oxygen atoms in total. The maximum Gasteiger partial charge on any atom is 0.233 e. The number of carbonyl (C=O) groups is 1. The largest absolute Gasteiger partial charge is 0.384 e. The highest BCUT2D eigenvalue weighted by Crippen LogP contribution is 2.32. The summed E-state index contributed by atoms with van der Waals surface area (Å²) in [5, 5.41) is 6.90. The van der Waals surface area contributed by atoms with Crippen molar-refractivity contribution in [2.24, 2.45) is 0 Å². The first-order valence-corrected chi connectivity index (χ1v) is 7.69. The highest BCUT2D eigenvalue weighted by atomic mass is 127. The van der Waals surface area contributed by atoms with E-state index in [0.717, 1.165) is 20.5 Å². The first kappa shape index (κ1) is 13.7. The van der Waals surface area contributed by atoms with E-state index in [-0.39, 0.29) is 11.8 Å². The second kappa shape index (κ2) is 5.61. The Morgan fingerprint density at radius 1 is 1.30 bits per heavy atom. The normalized spacial score (nSPS) is 16.4. The highest BCUT2D eigenvalue weighted by Gasteiger charge is 2.28. The van der Waals surface area contributed by atoms with Gasteiger partial charge in [0.15, 0.2) is 0 Å². The molecule has 0 radical (unpaired) electrons. The van der Waals surface area contributed by atoms with E-state index in [4.69, 9.17) is 11.6 Å². The number of carbonyl (C=O) groups excluding carboxylic acids is 1. The number of benzene rings is 2. The average molecular weight is 399 g/mol. The molecule has 1 aliphatic rings. The van der Waals surface area contributed by atoms with Gasteiger partial charge in [-0.2, -0.15) is 0 Å². The van der Waals surface area contributed by atoms with Crippen LogP contribution < -0.4 is 10.6 Å². The second-order valence-electron chi connectivity index (χ2n) is 4.63. The Bertz CT molecular complexity index is 675. The predicted octanol–water partition coefficient (Wildman–Crippen LogP) is 4.09. The van der Waals surface area contributed by atoms with Crippen molar-refractivity contribution in [1.82, 2.24) is 0 Å². The monoisotopic (exact) mass is 398 g/mol. The lowest BCUT2D eigenvalue weighted by molar-refractivity contribution is -0.117. The summed E-state index contributed by atoms with van der Waals surface area (Å²) in [6, 6.07) is 13.3. The molecular weight excluding hydrogens is 387 g/mol. The minimum atomic E-state index is -0.155. The van der Waals surface area contributed by atoms with Gasteiger partial charge in [-0.25, -0.2) is 0 Å². The minimum absolute atomic E-state index is 0.00249. The van der Waals surface area contributed by atoms with Crippen LogP contribution in [0.25, 0.3) is 0 Å². The van der Waals surface area contributed by atoms with Crippen molar-refractivity contribution < 1.29 is 4.79 Å². The Morgan fingerprint density at radius 3 is 2.90 bits per heavy atom. The summed E-state index contributed by atoms with van der Waals surface area (Å²) >= 11 is 8.09. The third-order valence-electron chi connectivity index (χ3n) is 3.34. The minimum Gasteiger partial charge on any atom is -0.384 e. The molecule has 3 rings (SSSR count). The van der Waals surface area contributed by atoms with Gasteiger partial charge in [0.1, 0.15) is 0 Å². The molecule has 1 heterocycles. The molecule has 0 aromatic heterocycles. The number of fused-ring (bicyclic) bond motifs is 1. The molecule has 0 aliphatic carbocycles. The summed E-state index contributed by atoms with van der Waals surface area (Å²) in [6.45, 7) is 0.634. The summed E-state index contributed by atoms with van der Waals surface area (Å²) in [5.41, 5.74) is 2.89. The standard InChI is InChI=1S/C15H12ClIN2O/c16-9-5-6-14(12(17)7-9)19-15(20)11-8-18-13-4-2-1-3-10(11)13/h1-7,11,18H,8H2,(H,19,20). The van der Waals surface area contributed by atoms with E-state index < -0.39 is 0 Å². The fourth-order valence-corrected chi connectivity index (χ4v) is 3.33. The molecule has 5 heteroatoms. The third kappa shape index (κ3) is 2.62. The molecule has 102 valence electrons. The van der Waals surface area contributed by atoms with Crippen molar-refractivity contribution in [2.75, 3.05) is 17.2 Å². The molecule has 1 aliphatic heterocycles. The quantitative estimate of drug-likeness (QED) is 0.748. The fourth-order valence-electron chi connectivity index (χ4n) is 2.33. The van der Waals surface area contributed by atoms with Crippen LogP contribution in [-0.2, 0) is 4.79 Å². The van der Waals surface area contributed by atoms with E-state index >= 15 is 0 Å². The Hall–Kier alpha value is -1.27. The van der Waals surface area contributed by atoms with E-state index in [0.29, 0.717) is 11.6 Å². The Morgan fingerprint density at radius 2 is 2.10 bits per heavy atom. The molecule has 0 saturated carbocycles. The Labute approximate surface area is 135 Å². The van der Waals surface area contributed by atoms with Gasteiger partial charge in [0.05, 0.1) is 11.6 Å². The van der Waals surface area contributed by atoms with Crippen LogP contribution in [0.3, 0.4) is 0 Å². The van der Waals surface area contributed by atoms with Crippen LogP contribution >= 0.6 is 34.2 Å². The topological polar surface area (TPSA) is 41.1 Å². The first-order chi connectivity index (χ1) is 9.65. The van der Waals surface area contributed by atoms with Crippen LogP contribution in [0.2, 0.25) is 5.02 Å². The fraction of sp³-hybridized carbons (Fsp3) is 0.133. The zero-order valence-corrected chi connectivity index (χ0v) is 13.4. The first-order valence-electron chi connectivity index (χ1n) is 6.24. The summed E-state index contributed by atoms with van der Waals surface area (Å²) < 4.78 is 0.933. The molecule has 1 amide bonds. The Balaban J connectivity index is 1.81. The van der Waals surface area contributed by atoms with Gasteiger partial charge in [-0.15, -0.1) is 0 Å². The molecule has 2 aromatic carbocycles. The van der Waals surface area contributed by atoms with Crippen molar-refractivity contribution in [2.45, 2.75) is 5.92 Å². The van der Waals surface area contributed by atoms with Gasteiger partial charge in [0.25, 0.3) is 0 Å². The number of halogens is 2. The van der Waals surface area contributed by atoms with Crippen LogP contribution in [0.1, 0.15) is 11.5 Å². The Kier molecular flexibility index (Phi) is 3.85. The lowest BCUT2D eigenvalue weighted by atomic mass is 10.0. The summed E-state index contributed by atoms with van der Waals surface area (Å²) in [5.74, 6) is -0.152. The van der Waals surface area contributed by atoms with Crippen LogP contribution in [0.5, 0.6) is 0 Å².